The van der Waals surface area contributed by atoms with E-state index in [0.29, 0.717) is 22.1 Å². The number of benzene rings is 1. The van der Waals surface area contributed by atoms with Crippen molar-refractivity contribution in [3.63, 3.8) is 0 Å². The number of ether oxygens (including phenoxy) is 3. The number of hydrogen-bond acceptors (Lipinski definition) is 6. The minimum Gasteiger partial charge on any atom is -0.493 e. The van der Waals surface area contributed by atoms with Crippen LogP contribution in [0.5, 0.6) is 11.5 Å². The van der Waals surface area contributed by atoms with Gasteiger partial charge in [0, 0.05) is 16.6 Å². The molecule has 0 saturated carbocycles. The maximum Gasteiger partial charge on any atom is 0.216 e. The lowest BCUT2D eigenvalue weighted by molar-refractivity contribution is 0.102. The second-order valence-corrected chi connectivity index (χ2v) is 6.48. The average Bonchev–Trinajstić information content (AvgIpc) is 3.21. The van der Waals surface area contributed by atoms with E-state index in [1.165, 1.54) is 0 Å². The van der Waals surface area contributed by atoms with Crippen LogP contribution in [0.15, 0.2) is 21.7 Å². The quantitative estimate of drug-likeness (QED) is 0.601. The Bertz CT molecular complexity index is 812. The summed E-state index contributed by atoms with van der Waals surface area (Å²) in [6, 6.07) is 3.72. The lowest BCUT2D eigenvalue weighted by Gasteiger charge is -2.11. The van der Waals surface area contributed by atoms with Crippen LogP contribution in [0.3, 0.4) is 0 Å². The number of nitrogens with one attached hydrogen (secondary N) is 1. The van der Waals surface area contributed by atoms with Crippen LogP contribution < -0.4 is 9.47 Å². The van der Waals surface area contributed by atoms with Gasteiger partial charge in [-0.3, -0.25) is 5.10 Å². The molecule has 2 heterocycles. The first-order valence-corrected chi connectivity index (χ1v) is 8.59. The van der Waals surface area contributed by atoms with Crippen molar-refractivity contribution in [3.05, 3.63) is 32.8 Å². The van der Waals surface area contributed by atoms with Gasteiger partial charge in [0.05, 0.1) is 20.4 Å². The van der Waals surface area contributed by atoms with Crippen LogP contribution in [0.2, 0.25) is 0 Å². The Labute approximate surface area is 152 Å². The van der Waals surface area contributed by atoms with E-state index in [1.807, 2.05) is 12.1 Å². The van der Waals surface area contributed by atoms with Gasteiger partial charge in [0.2, 0.25) is 4.77 Å². The van der Waals surface area contributed by atoms with Gasteiger partial charge in [-0.25, -0.2) is 0 Å². The summed E-state index contributed by atoms with van der Waals surface area (Å²) < 4.78 is 19.3. The van der Waals surface area contributed by atoms with E-state index in [1.54, 1.807) is 25.1 Å². The highest BCUT2D eigenvalue weighted by Gasteiger charge is 2.23. The highest BCUT2D eigenvalue weighted by atomic mass is 79.9. The third-order valence-corrected chi connectivity index (χ3v) is 4.40. The molecular formula is C15H17BrN4O3S. The first-order chi connectivity index (χ1) is 11.6. The van der Waals surface area contributed by atoms with Crippen molar-refractivity contribution in [2.45, 2.75) is 18.9 Å². The predicted octanol–water partition coefficient (Wildman–Crippen LogP) is 3.45. The van der Waals surface area contributed by atoms with Crippen molar-refractivity contribution in [1.82, 2.24) is 14.9 Å². The van der Waals surface area contributed by atoms with Crippen molar-refractivity contribution in [2.24, 2.45) is 5.10 Å². The number of aromatic amines is 1. The summed E-state index contributed by atoms with van der Waals surface area (Å²) in [4.78, 5) is 0. The van der Waals surface area contributed by atoms with E-state index >= 15 is 0 Å². The third-order valence-electron chi connectivity index (χ3n) is 3.68. The molecule has 1 unspecified atom stereocenters. The van der Waals surface area contributed by atoms with Crippen molar-refractivity contribution < 1.29 is 14.2 Å². The lowest BCUT2D eigenvalue weighted by atomic mass is 10.2. The molecule has 128 valence electrons. The Morgan fingerprint density at radius 1 is 1.46 bits per heavy atom. The Hall–Kier alpha value is -1.71. The normalized spacial score (nSPS) is 17.5. The molecule has 7 nitrogen and oxygen atoms in total. The van der Waals surface area contributed by atoms with E-state index in [2.05, 4.69) is 31.2 Å². The van der Waals surface area contributed by atoms with Crippen LogP contribution in [0.4, 0.5) is 0 Å². The number of hydrogen-bond donors (Lipinski definition) is 1. The molecule has 0 amide bonds. The minimum absolute atomic E-state index is 0.0889. The Morgan fingerprint density at radius 2 is 2.29 bits per heavy atom. The number of H-pyrrole nitrogens is 1. The van der Waals surface area contributed by atoms with E-state index in [-0.39, 0.29) is 6.10 Å². The molecule has 1 N–H and O–H groups in total. The largest absolute Gasteiger partial charge is 0.493 e. The number of methoxy groups -OCH3 is 2. The molecule has 24 heavy (non-hydrogen) atoms. The van der Waals surface area contributed by atoms with Gasteiger partial charge < -0.3 is 14.2 Å². The monoisotopic (exact) mass is 412 g/mol. The molecule has 1 saturated heterocycles. The number of aromatic nitrogens is 3. The van der Waals surface area contributed by atoms with Crippen molar-refractivity contribution >= 4 is 34.4 Å². The SMILES string of the molecule is COc1cc(Br)cc(/C=N\n2c(C3CCCO3)n[nH]c2=S)c1OC. The molecule has 9 heteroatoms. The van der Waals surface area contributed by atoms with Crippen molar-refractivity contribution in [2.75, 3.05) is 20.8 Å². The number of halogens is 1. The summed E-state index contributed by atoms with van der Waals surface area (Å²) in [7, 11) is 3.18. The first kappa shape index (κ1) is 17.1. The maximum atomic E-state index is 5.67. The number of rotatable bonds is 5. The zero-order valence-electron chi connectivity index (χ0n) is 13.3. The van der Waals surface area contributed by atoms with Gasteiger partial charge in [-0.15, -0.1) is 0 Å². The summed E-state index contributed by atoms with van der Waals surface area (Å²) >= 11 is 8.73. The smallest absolute Gasteiger partial charge is 0.216 e. The molecule has 0 radical (unpaired) electrons. The molecular weight excluding hydrogens is 396 g/mol. The van der Waals surface area contributed by atoms with Crippen LogP contribution >= 0.6 is 28.1 Å². The molecule has 1 fully saturated rings. The predicted molar refractivity (Wildman–Crippen MR) is 95.6 cm³/mol. The summed E-state index contributed by atoms with van der Waals surface area (Å²) in [5, 5.41) is 11.5. The second-order valence-electron chi connectivity index (χ2n) is 5.18. The summed E-state index contributed by atoms with van der Waals surface area (Å²) in [5.41, 5.74) is 0.755. The van der Waals surface area contributed by atoms with Crippen molar-refractivity contribution in [1.29, 1.82) is 0 Å². The van der Waals surface area contributed by atoms with Crippen LogP contribution in [0, 0.1) is 4.77 Å². The summed E-state index contributed by atoms with van der Waals surface area (Å²) in [6.07, 6.45) is 3.48. The zero-order valence-corrected chi connectivity index (χ0v) is 15.7. The first-order valence-electron chi connectivity index (χ1n) is 7.39. The minimum atomic E-state index is -0.0889. The summed E-state index contributed by atoms with van der Waals surface area (Å²) in [6.45, 7) is 0.727. The Morgan fingerprint density at radius 3 is 2.96 bits per heavy atom. The standard InChI is InChI=1S/C15H17BrN4O3S/c1-21-12-7-10(16)6-9(13(12)22-2)8-17-20-14(18-19-15(20)24)11-4-3-5-23-11/h6-8,11H,3-5H2,1-2H3,(H,19,24)/b17-8-. The van der Waals surface area contributed by atoms with E-state index in [0.717, 1.165) is 29.5 Å². The van der Waals surface area contributed by atoms with Gasteiger partial charge in [0.1, 0.15) is 6.10 Å². The Kier molecular flexibility index (Phi) is 5.32. The fourth-order valence-electron chi connectivity index (χ4n) is 2.58. The summed E-state index contributed by atoms with van der Waals surface area (Å²) in [5.74, 6) is 1.89. The molecule has 1 aliphatic heterocycles. The Balaban J connectivity index is 1.99. The van der Waals surface area contributed by atoms with Crippen LogP contribution in [-0.2, 0) is 4.74 Å². The molecule has 0 aliphatic carbocycles. The van der Waals surface area contributed by atoms with E-state index in [9.17, 15) is 0 Å². The topological polar surface area (TPSA) is 73.7 Å². The van der Waals surface area contributed by atoms with Gasteiger partial charge in [0.15, 0.2) is 17.3 Å². The van der Waals surface area contributed by atoms with E-state index < -0.39 is 0 Å². The van der Waals surface area contributed by atoms with Gasteiger partial charge in [0.25, 0.3) is 0 Å². The van der Waals surface area contributed by atoms with Gasteiger partial charge in [-0.1, -0.05) is 15.9 Å². The highest BCUT2D eigenvalue weighted by Crippen LogP contribution is 2.34. The molecule has 1 atom stereocenters. The molecule has 0 spiro atoms. The van der Waals surface area contributed by atoms with E-state index in [4.69, 9.17) is 26.4 Å². The number of nitrogens with zero attached hydrogens (tertiary/aromatic N) is 3. The van der Waals surface area contributed by atoms with Gasteiger partial charge >= 0.3 is 0 Å². The fourth-order valence-corrected chi connectivity index (χ4v) is 3.22. The molecule has 2 aromatic rings. The average molecular weight is 413 g/mol. The molecule has 1 aromatic heterocycles. The molecule has 0 bridgehead atoms. The molecule has 1 aliphatic rings. The van der Waals surface area contributed by atoms with Gasteiger partial charge in [-0.2, -0.15) is 14.9 Å². The lowest BCUT2D eigenvalue weighted by Crippen LogP contribution is -2.05. The fraction of sp³-hybridized carbons (Fsp3) is 0.400. The maximum absolute atomic E-state index is 5.67. The van der Waals surface area contributed by atoms with Crippen LogP contribution in [0.1, 0.15) is 30.3 Å². The van der Waals surface area contributed by atoms with Crippen LogP contribution in [0.25, 0.3) is 0 Å². The zero-order chi connectivity index (χ0) is 17.1. The van der Waals surface area contributed by atoms with Gasteiger partial charge in [-0.05, 0) is 37.2 Å². The molecule has 3 rings (SSSR count). The van der Waals surface area contributed by atoms with Crippen molar-refractivity contribution in [3.8, 4) is 11.5 Å². The highest BCUT2D eigenvalue weighted by molar-refractivity contribution is 9.10. The third kappa shape index (κ3) is 3.38. The molecule has 1 aromatic carbocycles. The van der Waals surface area contributed by atoms with Crippen LogP contribution in [-0.4, -0.2) is 41.9 Å². The second kappa shape index (κ2) is 7.45.